The average Bonchev–Trinajstić information content (AvgIpc) is 3.21. The Morgan fingerprint density at radius 2 is 2.12 bits per heavy atom. The first-order chi connectivity index (χ1) is 12.1. The number of hydrogen-bond donors (Lipinski definition) is 0. The highest BCUT2D eigenvalue weighted by molar-refractivity contribution is 7.98. The predicted octanol–water partition coefficient (Wildman–Crippen LogP) is 2.98. The second kappa shape index (κ2) is 6.41. The van der Waals surface area contributed by atoms with Crippen LogP contribution in [0.15, 0.2) is 51.9 Å². The van der Waals surface area contributed by atoms with Gasteiger partial charge in [0.25, 0.3) is 5.56 Å². The van der Waals surface area contributed by atoms with E-state index in [9.17, 15) is 9.18 Å². The third-order valence-electron chi connectivity index (χ3n) is 3.66. The van der Waals surface area contributed by atoms with Crippen molar-refractivity contribution in [1.82, 2.24) is 24.1 Å². The van der Waals surface area contributed by atoms with Gasteiger partial charge in [-0.1, -0.05) is 23.9 Å². The predicted molar refractivity (Wildman–Crippen MR) is 95.3 cm³/mol. The number of halogens is 1. The molecule has 4 rings (SSSR count). The van der Waals surface area contributed by atoms with Crippen LogP contribution in [-0.2, 0) is 12.8 Å². The Morgan fingerprint density at radius 3 is 2.96 bits per heavy atom. The van der Waals surface area contributed by atoms with Crippen LogP contribution in [0.5, 0.6) is 0 Å². The van der Waals surface area contributed by atoms with Gasteiger partial charge in [0.15, 0.2) is 15.9 Å². The zero-order chi connectivity index (χ0) is 17.4. The summed E-state index contributed by atoms with van der Waals surface area (Å²) in [6, 6.07) is 7.97. The van der Waals surface area contributed by atoms with E-state index in [2.05, 4.69) is 15.2 Å². The molecule has 0 bridgehead atoms. The van der Waals surface area contributed by atoms with Crippen molar-refractivity contribution in [2.45, 2.75) is 10.9 Å². The van der Waals surface area contributed by atoms with Crippen LogP contribution >= 0.6 is 23.1 Å². The Bertz CT molecular complexity index is 1120. The molecular weight excluding hydrogens is 361 g/mol. The molecule has 0 saturated carbocycles. The SMILES string of the molecule is Cn1c(SCc2cc(=O)n3ccsc3n2)nnc1-c1ccccc1F. The molecule has 0 N–H and O–H groups in total. The number of thioether (sulfide) groups is 1. The lowest BCUT2D eigenvalue weighted by Gasteiger charge is -2.04. The number of fused-ring (bicyclic) bond motifs is 1. The summed E-state index contributed by atoms with van der Waals surface area (Å²) in [6.45, 7) is 0. The highest BCUT2D eigenvalue weighted by atomic mass is 32.2. The summed E-state index contributed by atoms with van der Waals surface area (Å²) >= 11 is 2.81. The summed E-state index contributed by atoms with van der Waals surface area (Å²) in [5.41, 5.74) is 0.973. The fraction of sp³-hybridized carbons (Fsp3) is 0.125. The lowest BCUT2D eigenvalue weighted by atomic mass is 10.2. The Balaban J connectivity index is 1.59. The summed E-state index contributed by atoms with van der Waals surface area (Å²) in [7, 11) is 1.79. The van der Waals surface area contributed by atoms with Gasteiger partial charge in [0.1, 0.15) is 5.82 Å². The molecule has 0 aliphatic carbocycles. The molecule has 4 aromatic rings. The van der Waals surface area contributed by atoms with Gasteiger partial charge in [-0.05, 0) is 12.1 Å². The van der Waals surface area contributed by atoms with Crippen molar-refractivity contribution >= 4 is 28.1 Å². The molecule has 0 radical (unpaired) electrons. The van der Waals surface area contributed by atoms with Gasteiger partial charge < -0.3 is 4.57 Å². The summed E-state index contributed by atoms with van der Waals surface area (Å²) < 4.78 is 17.2. The van der Waals surface area contributed by atoms with E-state index in [0.29, 0.717) is 33.0 Å². The smallest absolute Gasteiger partial charge is 0.258 e. The molecule has 0 atom stereocenters. The van der Waals surface area contributed by atoms with Crippen molar-refractivity contribution in [2.24, 2.45) is 7.05 Å². The zero-order valence-electron chi connectivity index (χ0n) is 13.1. The lowest BCUT2D eigenvalue weighted by molar-refractivity contribution is 0.628. The average molecular weight is 373 g/mol. The van der Waals surface area contributed by atoms with Crippen molar-refractivity contribution in [3.63, 3.8) is 0 Å². The maximum atomic E-state index is 13.9. The quantitative estimate of drug-likeness (QED) is 0.515. The molecule has 6 nitrogen and oxygen atoms in total. The number of thiazole rings is 1. The minimum Gasteiger partial charge on any atom is -0.305 e. The molecule has 25 heavy (non-hydrogen) atoms. The fourth-order valence-corrected chi connectivity index (χ4v) is 3.96. The van der Waals surface area contributed by atoms with Crippen LogP contribution in [0.4, 0.5) is 4.39 Å². The summed E-state index contributed by atoms with van der Waals surface area (Å²) in [6.07, 6.45) is 1.70. The topological polar surface area (TPSA) is 65.1 Å². The van der Waals surface area contributed by atoms with Crippen LogP contribution < -0.4 is 5.56 Å². The molecule has 0 saturated heterocycles. The van der Waals surface area contributed by atoms with Crippen molar-refractivity contribution < 1.29 is 4.39 Å². The van der Waals surface area contributed by atoms with Crippen LogP contribution in [0.3, 0.4) is 0 Å². The Kier molecular flexibility index (Phi) is 4.10. The third-order valence-corrected chi connectivity index (χ3v) is 5.47. The molecule has 0 unspecified atom stereocenters. The molecule has 0 fully saturated rings. The van der Waals surface area contributed by atoms with Crippen LogP contribution in [0, 0.1) is 5.82 Å². The van der Waals surface area contributed by atoms with E-state index in [4.69, 9.17) is 0 Å². The van der Waals surface area contributed by atoms with E-state index < -0.39 is 0 Å². The van der Waals surface area contributed by atoms with Gasteiger partial charge in [-0.15, -0.1) is 21.5 Å². The zero-order valence-corrected chi connectivity index (χ0v) is 14.7. The van der Waals surface area contributed by atoms with Gasteiger partial charge in [-0.2, -0.15) is 0 Å². The number of rotatable bonds is 4. The van der Waals surface area contributed by atoms with Gasteiger partial charge in [0.05, 0.1) is 11.3 Å². The Morgan fingerprint density at radius 1 is 1.28 bits per heavy atom. The van der Waals surface area contributed by atoms with E-state index >= 15 is 0 Å². The van der Waals surface area contributed by atoms with Crippen LogP contribution in [-0.4, -0.2) is 24.1 Å². The van der Waals surface area contributed by atoms with Gasteiger partial charge in [0, 0.05) is 30.4 Å². The normalized spacial score (nSPS) is 11.3. The maximum absolute atomic E-state index is 13.9. The van der Waals surface area contributed by atoms with E-state index in [1.165, 1.54) is 39.6 Å². The van der Waals surface area contributed by atoms with E-state index in [1.54, 1.807) is 36.0 Å². The van der Waals surface area contributed by atoms with Gasteiger partial charge >= 0.3 is 0 Å². The van der Waals surface area contributed by atoms with Crippen LogP contribution in [0.25, 0.3) is 16.3 Å². The molecule has 3 heterocycles. The number of hydrogen-bond acceptors (Lipinski definition) is 6. The second-order valence-electron chi connectivity index (χ2n) is 5.28. The largest absolute Gasteiger partial charge is 0.305 e. The second-order valence-corrected chi connectivity index (χ2v) is 7.09. The molecule has 1 aromatic carbocycles. The fourth-order valence-electron chi connectivity index (χ4n) is 2.42. The molecule has 126 valence electrons. The molecule has 3 aromatic heterocycles. The van der Waals surface area contributed by atoms with Crippen molar-refractivity contribution in [3.8, 4) is 11.4 Å². The molecule has 0 amide bonds. The van der Waals surface area contributed by atoms with Gasteiger partial charge in [0.2, 0.25) is 0 Å². The maximum Gasteiger partial charge on any atom is 0.258 e. The van der Waals surface area contributed by atoms with E-state index in [-0.39, 0.29) is 11.4 Å². The number of nitrogens with zero attached hydrogens (tertiary/aromatic N) is 5. The van der Waals surface area contributed by atoms with Crippen molar-refractivity contribution in [2.75, 3.05) is 0 Å². The van der Waals surface area contributed by atoms with Gasteiger partial charge in [-0.3, -0.25) is 9.20 Å². The standard InChI is InChI=1S/C16H12FN5OS2/c1-21-14(11-4-2-3-5-12(11)17)19-20-16(21)25-9-10-8-13(23)22-6-7-24-15(22)18-10/h2-8H,9H2,1H3. The third kappa shape index (κ3) is 2.96. The monoisotopic (exact) mass is 373 g/mol. The van der Waals surface area contributed by atoms with Crippen molar-refractivity contribution in [3.05, 3.63) is 63.8 Å². The highest BCUT2D eigenvalue weighted by Crippen LogP contribution is 2.26. The minimum absolute atomic E-state index is 0.105. The summed E-state index contributed by atoms with van der Waals surface area (Å²) in [5, 5.41) is 10.7. The molecule has 0 aliphatic heterocycles. The lowest BCUT2D eigenvalue weighted by Crippen LogP contribution is -2.12. The Labute approximate surface area is 150 Å². The first kappa shape index (κ1) is 16.0. The molecule has 0 aliphatic rings. The molecular formula is C16H12FN5OS2. The van der Waals surface area contributed by atoms with Gasteiger partial charge in [-0.25, -0.2) is 9.37 Å². The number of benzene rings is 1. The molecule has 9 heteroatoms. The summed E-state index contributed by atoms with van der Waals surface area (Å²) in [4.78, 5) is 17.1. The first-order valence-electron chi connectivity index (χ1n) is 7.36. The summed E-state index contributed by atoms with van der Waals surface area (Å²) in [5.74, 6) is 0.599. The van der Waals surface area contributed by atoms with Crippen LogP contribution in [0.2, 0.25) is 0 Å². The van der Waals surface area contributed by atoms with Crippen LogP contribution in [0.1, 0.15) is 5.69 Å². The minimum atomic E-state index is -0.340. The number of aromatic nitrogens is 5. The Hall–Kier alpha value is -2.52. The van der Waals surface area contributed by atoms with E-state index in [0.717, 1.165) is 0 Å². The van der Waals surface area contributed by atoms with Crippen molar-refractivity contribution in [1.29, 1.82) is 0 Å². The highest BCUT2D eigenvalue weighted by Gasteiger charge is 2.15. The van der Waals surface area contributed by atoms with E-state index in [1.807, 2.05) is 5.38 Å². The first-order valence-corrected chi connectivity index (χ1v) is 9.23. The molecule has 0 spiro atoms.